The van der Waals surface area contributed by atoms with Crippen LogP contribution < -0.4 is 15.4 Å². The minimum absolute atomic E-state index is 0.0948. The standard InChI is InChI=1S/C15H16N4O2/c1-15(2)14(20)17-11-8-10(9-4-6-16-7-5-9)13(21-3)18-12(11)19-15/h4-8H,1-3H3,(H,17,20)(H,18,19). The quantitative estimate of drug-likeness (QED) is 0.885. The Hall–Kier alpha value is -2.63. The molecule has 0 aliphatic carbocycles. The molecule has 3 rings (SSSR count). The van der Waals surface area contributed by atoms with Gasteiger partial charge in [0.05, 0.1) is 12.8 Å². The highest BCUT2D eigenvalue weighted by molar-refractivity contribution is 6.05. The third kappa shape index (κ3) is 2.29. The first kappa shape index (κ1) is 13.4. The van der Waals surface area contributed by atoms with Crippen molar-refractivity contribution in [1.29, 1.82) is 0 Å². The molecule has 0 radical (unpaired) electrons. The highest BCUT2D eigenvalue weighted by Crippen LogP contribution is 2.37. The Kier molecular flexibility index (Phi) is 3.01. The monoisotopic (exact) mass is 284 g/mol. The number of amides is 1. The second kappa shape index (κ2) is 4.73. The maximum absolute atomic E-state index is 12.0. The molecule has 1 aliphatic rings. The molecule has 0 spiro atoms. The summed E-state index contributed by atoms with van der Waals surface area (Å²) in [6.45, 7) is 3.60. The van der Waals surface area contributed by atoms with Gasteiger partial charge in [-0.15, -0.1) is 0 Å². The number of carbonyl (C=O) groups excluding carboxylic acids is 1. The summed E-state index contributed by atoms with van der Waals surface area (Å²) in [5.41, 5.74) is 1.67. The highest BCUT2D eigenvalue weighted by atomic mass is 16.5. The summed E-state index contributed by atoms with van der Waals surface area (Å²) < 4.78 is 5.38. The molecule has 0 aromatic carbocycles. The molecule has 1 amide bonds. The van der Waals surface area contributed by atoms with E-state index >= 15 is 0 Å². The lowest BCUT2D eigenvalue weighted by Crippen LogP contribution is -2.47. The first-order valence-electron chi connectivity index (χ1n) is 6.60. The van der Waals surface area contributed by atoms with Gasteiger partial charge in [-0.25, -0.2) is 0 Å². The second-order valence-electron chi connectivity index (χ2n) is 5.38. The van der Waals surface area contributed by atoms with Crippen molar-refractivity contribution in [3.63, 3.8) is 0 Å². The van der Waals surface area contributed by atoms with Crippen molar-refractivity contribution in [2.45, 2.75) is 19.4 Å². The SMILES string of the molecule is COc1nc2c(cc1-c1ccncc1)NC(=O)C(C)(C)N2. The minimum atomic E-state index is -0.705. The van der Waals surface area contributed by atoms with Gasteiger partial charge in [0, 0.05) is 18.0 Å². The second-order valence-corrected chi connectivity index (χ2v) is 5.38. The zero-order valence-corrected chi connectivity index (χ0v) is 12.1. The molecule has 6 heteroatoms. The van der Waals surface area contributed by atoms with Crippen molar-refractivity contribution in [2.24, 2.45) is 0 Å². The number of nitrogens with one attached hydrogen (secondary N) is 2. The molecule has 1 aliphatic heterocycles. The maximum atomic E-state index is 12.0. The number of anilines is 2. The predicted octanol–water partition coefficient (Wildman–Crippen LogP) is 2.29. The maximum Gasteiger partial charge on any atom is 0.249 e. The molecule has 2 aromatic heterocycles. The Labute approximate surface area is 122 Å². The van der Waals surface area contributed by atoms with Crippen LogP contribution in [0.1, 0.15) is 13.8 Å². The van der Waals surface area contributed by atoms with Gasteiger partial charge in [0.1, 0.15) is 5.54 Å². The van der Waals surface area contributed by atoms with Crippen LogP contribution in [0.3, 0.4) is 0 Å². The van der Waals surface area contributed by atoms with E-state index in [1.165, 1.54) is 0 Å². The fourth-order valence-corrected chi connectivity index (χ4v) is 2.21. The van der Waals surface area contributed by atoms with E-state index in [0.717, 1.165) is 11.1 Å². The van der Waals surface area contributed by atoms with E-state index in [9.17, 15) is 4.79 Å². The van der Waals surface area contributed by atoms with E-state index in [1.54, 1.807) is 33.4 Å². The Balaban J connectivity index is 2.13. The Morgan fingerprint density at radius 2 is 1.95 bits per heavy atom. The van der Waals surface area contributed by atoms with Gasteiger partial charge in [0.2, 0.25) is 11.8 Å². The number of ether oxygens (including phenoxy) is 1. The number of carbonyl (C=O) groups is 1. The molecule has 0 unspecified atom stereocenters. The molecule has 0 fully saturated rings. The van der Waals surface area contributed by atoms with Gasteiger partial charge in [-0.2, -0.15) is 4.98 Å². The first-order chi connectivity index (χ1) is 10.0. The number of hydrogen-bond donors (Lipinski definition) is 2. The number of nitrogens with zero attached hydrogens (tertiary/aromatic N) is 2. The number of pyridine rings is 2. The molecule has 2 N–H and O–H groups in total. The Morgan fingerprint density at radius 3 is 2.62 bits per heavy atom. The van der Waals surface area contributed by atoms with Gasteiger partial charge in [-0.1, -0.05) is 0 Å². The summed E-state index contributed by atoms with van der Waals surface area (Å²) in [5, 5.41) is 6.00. The largest absolute Gasteiger partial charge is 0.480 e. The summed E-state index contributed by atoms with van der Waals surface area (Å²) in [4.78, 5) is 20.5. The fourth-order valence-electron chi connectivity index (χ4n) is 2.21. The molecular weight excluding hydrogens is 268 g/mol. The van der Waals surface area contributed by atoms with E-state index in [4.69, 9.17) is 4.74 Å². The molecule has 0 atom stereocenters. The van der Waals surface area contributed by atoms with Crippen LogP contribution in [0, 0.1) is 0 Å². The van der Waals surface area contributed by atoms with Crippen molar-refractivity contribution in [3.05, 3.63) is 30.6 Å². The zero-order valence-electron chi connectivity index (χ0n) is 12.1. The van der Waals surface area contributed by atoms with Gasteiger partial charge in [0.15, 0.2) is 5.82 Å². The van der Waals surface area contributed by atoms with Crippen LogP contribution >= 0.6 is 0 Å². The average molecular weight is 284 g/mol. The van der Waals surface area contributed by atoms with E-state index in [0.29, 0.717) is 17.4 Å². The van der Waals surface area contributed by atoms with Crippen molar-refractivity contribution in [1.82, 2.24) is 9.97 Å². The van der Waals surface area contributed by atoms with Crippen molar-refractivity contribution in [3.8, 4) is 17.0 Å². The van der Waals surface area contributed by atoms with Crippen LogP contribution in [0.4, 0.5) is 11.5 Å². The normalized spacial score (nSPS) is 15.7. The first-order valence-corrected chi connectivity index (χ1v) is 6.60. The van der Waals surface area contributed by atoms with E-state index < -0.39 is 5.54 Å². The predicted molar refractivity (Wildman–Crippen MR) is 80.4 cm³/mol. The summed E-state index contributed by atoms with van der Waals surface area (Å²) in [7, 11) is 1.58. The Morgan fingerprint density at radius 1 is 1.24 bits per heavy atom. The van der Waals surface area contributed by atoms with Crippen molar-refractivity contribution in [2.75, 3.05) is 17.7 Å². The van der Waals surface area contributed by atoms with Crippen LogP contribution in [0.5, 0.6) is 5.88 Å². The van der Waals surface area contributed by atoms with Gasteiger partial charge in [0.25, 0.3) is 0 Å². The molecule has 0 saturated heterocycles. The highest BCUT2D eigenvalue weighted by Gasteiger charge is 2.34. The average Bonchev–Trinajstić information content (AvgIpc) is 2.48. The van der Waals surface area contributed by atoms with Crippen LogP contribution in [-0.2, 0) is 4.79 Å². The number of methoxy groups -OCH3 is 1. The number of rotatable bonds is 2. The molecule has 6 nitrogen and oxygen atoms in total. The molecular formula is C15H16N4O2. The van der Waals surface area contributed by atoms with Crippen LogP contribution in [0.2, 0.25) is 0 Å². The lowest BCUT2D eigenvalue weighted by molar-refractivity contribution is -0.119. The molecule has 0 saturated carbocycles. The van der Waals surface area contributed by atoms with Gasteiger partial charge in [-0.3, -0.25) is 9.78 Å². The molecule has 0 bridgehead atoms. The van der Waals surface area contributed by atoms with Gasteiger partial charge < -0.3 is 15.4 Å². The van der Waals surface area contributed by atoms with Crippen LogP contribution in [0.25, 0.3) is 11.1 Å². The summed E-state index contributed by atoms with van der Waals surface area (Å²) >= 11 is 0. The third-order valence-corrected chi connectivity index (χ3v) is 3.42. The van der Waals surface area contributed by atoms with Crippen molar-refractivity contribution < 1.29 is 9.53 Å². The number of fused-ring (bicyclic) bond motifs is 1. The molecule has 3 heterocycles. The van der Waals surface area contributed by atoms with Crippen LogP contribution in [0.15, 0.2) is 30.6 Å². The minimum Gasteiger partial charge on any atom is -0.480 e. The fraction of sp³-hybridized carbons (Fsp3) is 0.267. The lowest BCUT2D eigenvalue weighted by Gasteiger charge is -2.32. The summed E-state index contributed by atoms with van der Waals surface area (Å²) in [6, 6.07) is 5.60. The zero-order chi connectivity index (χ0) is 15.0. The van der Waals surface area contributed by atoms with E-state index in [2.05, 4.69) is 20.6 Å². The molecule has 2 aromatic rings. The van der Waals surface area contributed by atoms with E-state index in [-0.39, 0.29) is 5.91 Å². The van der Waals surface area contributed by atoms with Crippen molar-refractivity contribution >= 4 is 17.4 Å². The third-order valence-electron chi connectivity index (χ3n) is 3.42. The topological polar surface area (TPSA) is 76.1 Å². The number of hydrogen-bond acceptors (Lipinski definition) is 5. The summed E-state index contributed by atoms with van der Waals surface area (Å²) in [6.07, 6.45) is 3.41. The summed E-state index contributed by atoms with van der Waals surface area (Å²) in [5.74, 6) is 1.01. The Bertz CT molecular complexity index is 698. The number of aromatic nitrogens is 2. The molecule has 108 valence electrons. The van der Waals surface area contributed by atoms with E-state index in [1.807, 2.05) is 18.2 Å². The molecule has 21 heavy (non-hydrogen) atoms. The van der Waals surface area contributed by atoms with Gasteiger partial charge in [-0.05, 0) is 37.6 Å². The smallest absolute Gasteiger partial charge is 0.249 e. The van der Waals surface area contributed by atoms with Crippen LogP contribution in [-0.4, -0.2) is 28.5 Å². The van der Waals surface area contributed by atoms with Gasteiger partial charge >= 0.3 is 0 Å². The lowest BCUT2D eigenvalue weighted by atomic mass is 10.0.